The third kappa shape index (κ3) is 3.18. The molecule has 0 saturated heterocycles. The lowest BCUT2D eigenvalue weighted by atomic mass is 10.2. The van der Waals surface area contributed by atoms with Crippen molar-refractivity contribution in [3.05, 3.63) is 75.2 Å². The van der Waals surface area contributed by atoms with E-state index in [1.807, 2.05) is 0 Å². The van der Waals surface area contributed by atoms with Gasteiger partial charge in [0.1, 0.15) is 12.3 Å². The second-order valence-electron chi connectivity index (χ2n) is 5.87. The molecule has 4 rings (SSSR count). The molecule has 140 valence electrons. The van der Waals surface area contributed by atoms with Gasteiger partial charge in [-0.2, -0.15) is 0 Å². The van der Waals surface area contributed by atoms with Crippen LogP contribution >= 0.6 is 0 Å². The monoisotopic (exact) mass is 379 g/mol. The highest BCUT2D eigenvalue weighted by molar-refractivity contribution is 5.79. The molecule has 0 radical (unpaired) electrons. The molecule has 0 aliphatic heterocycles. The van der Waals surface area contributed by atoms with Crippen molar-refractivity contribution in [3.8, 4) is 17.2 Å². The van der Waals surface area contributed by atoms with E-state index in [1.165, 1.54) is 29.1 Å². The Bertz CT molecular complexity index is 1230. The minimum Gasteiger partial charge on any atom is -0.497 e. The van der Waals surface area contributed by atoms with Crippen molar-refractivity contribution in [2.45, 2.75) is 6.54 Å². The molecule has 0 saturated carbocycles. The number of rotatable bonds is 5. The Kier molecular flexibility index (Phi) is 4.28. The molecular weight excluding hydrogens is 366 g/mol. The Morgan fingerprint density at radius 2 is 1.96 bits per heavy atom. The molecule has 0 fully saturated rings. The molecule has 0 N–H and O–H groups in total. The van der Waals surface area contributed by atoms with Crippen LogP contribution in [0.4, 0.5) is 5.69 Å². The zero-order valence-corrected chi connectivity index (χ0v) is 14.6. The average Bonchev–Trinajstić information content (AvgIpc) is 3.18. The SMILES string of the molecule is COc1ccc(-c2nnc(Cn3cnc4ccc([N+](=O)[O-])cc4c3=O)o2)cc1. The van der Waals surface area contributed by atoms with Gasteiger partial charge >= 0.3 is 0 Å². The van der Waals surface area contributed by atoms with Gasteiger partial charge in [-0.05, 0) is 30.3 Å². The Morgan fingerprint density at radius 3 is 2.68 bits per heavy atom. The number of nitrogens with zero attached hydrogens (tertiary/aromatic N) is 5. The van der Waals surface area contributed by atoms with E-state index in [1.54, 1.807) is 31.4 Å². The molecule has 28 heavy (non-hydrogen) atoms. The Balaban J connectivity index is 1.64. The second-order valence-corrected chi connectivity index (χ2v) is 5.87. The van der Waals surface area contributed by atoms with E-state index in [4.69, 9.17) is 9.15 Å². The fourth-order valence-corrected chi connectivity index (χ4v) is 2.69. The first kappa shape index (κ1) is 17.3. The van der Waals surface area contributed by atoms with Crippen LogP contribution in [0.5, 0.6) is 5.75 Å². The fraction of sp³-hybridized carbons (Fsp3) is 0.111. The number of hydrogen-bond donors (Lipinski definition) is 0. The standard InChI is InChI=1S/C18H13N5O5/c1-27-13-5-2-11(3-6-13)17-21-20-16(28-17)9-22-10-19-15-7-4-12(23(25)26)8-14(15)18(22)24/h2-8,10H,9H2,1H3. The summed E-state index contributed by atoms with van der Waals surface area (Å²) in [5.41, 5.74) is 0.470. The first-order valence-electron chi connectivity index (χ1n) is 8.15. The van der Waals surface area contributed by atoms with E-state index in [2.05, 4.69) is 15.2 Å². The molecule has 2 aromatic heterocycles. The van der Waals surface area contributed by atoms with Crippen molar-refractivity contribution in [2.24, 2.45) is 0 Å². The highest BCUT2D eigenvalue weighted by atomic mass is 16.6. The third-order valence-electron chi connectivity index (χ3n) is 4.13. The van der Waals surface area contributed by atoms with Crippen LogP contribution in [-0.2, 0) is 6.54 Å². The van der Waals surface area contributed by atoms with Crippen LogP contribution < -0.4 is 10.3 Å². The van der Waals surface area contributed by atoms with Crippen LogP contribution in [0.3, 0.4) is 0 Å². The summed E-state index contributed by atoms with van der Waals surface area (Å²) in [6.45, 7) is -0.00633. The van der Waals surface area contributed by atoms with Gasteiger partial charge in [0.15, 0.2) is 0 Å². The van der Waals surface area contributed by atoms with Crippen molar-refractivity contribution in [1.82, 2.24) is 19.7 Å². The smallest absolute Gasteiger partial charge is 0.270 e. The van der Waals surface area contributed by atoms with Crippen molar-refractivity contribution in [1.29, 1.82) is 0 Å². The van der Waals surface area contributed by atoms with Gasteiger partial charge in [0.25, 0.3) is 11.2 Å². The maximum Gasteiger partial charge on any atom is 0.270 e. The van der Waals surface area contributed by atoms with Crippen molar-refractivity contribution in [3.63, 3.8) is 0 Å². The maximum absolute atomic E-state index is 12.7. The summed E-state index contributed by atoms with van der Waals surface area (Å²) in [6, 6.07) is 11.0. The molecule has 10 nitrogen and oxygen atoms in total. The van der Waals surface area contributed by atoms with Crippen LogP contribution in [0.25, 0.3) is 22.4 Å². The molecule has 2 aromatic carbocycles. The summed E-state index contributed by atoms with van der Waals surface area (Å²) in [5, 5.41) is 19.0. The van der Waals surface area contributed by atoms with E-state index in [0.29, 0.717) is 22.7 Å². The number of nitro benzene ring substituents is 1. The van der Waals surface area contributed by atoms with Gasteiger partial charge in [0.05, 0.1) is 29.3 Å². The van der Waals surface area contributed by atoms with Crippen molar-refractivity contribution < 1.29 is 14.1 Å². The molecule has 10 heteroatoms. The van der Waals surface area contributed by atoms with E-state index in [0.717, 1.165) is 0 Å². The van der Waals surface area contributed by atoms with Crippen molar-refractivity contribution in [2.75, 3.05) is 7.11 Å². The molecule has 0 unspecified atom stereocenters. The van der Waals surface area contributed by atoms with Gasteiger partial charge < -0.3 is 9.15 Å². The Hall–Kier alpha value is -4.08. The lowest BCUT2D eigenvalue weighted by molar-refractivity contribution is -0.384. The summed E-state index contributed by atoms with van der Waals surface area (Å²) in [7, 11) is 1.57. The minimum atomic E-state index is -0.560. The number of nitro groups is 1. The first-order valence-corrected chi connectivity index (χ1v) is 8.15. The highest BCUT2D eigenvalue weighted by Crippen LogP contribution is 2.21. The van der Waals surface area contributed by atoms with Crippen LogP contribution in [0, 0.1) is 10.1 Å². The summed E-state index contributed by atoms with van der Waals surface area (Å²) in [6.07, 6.45) is 1.34. The van der Waals surface area contributed by atoms with Crippen LogP contribution in [-0.4, -0.2) is 31.8 Å². The number of benzene rings is 2. The zero-order chi connectivity index (χ0) is 19.7. The van der Waals surface area contributed by atoms with Gasteiger partial charge in [-0.15, -0.1) is 10.2 Å². The lowest BCUT2D eigenvalue weighted by Crippen LogP contribution is -2.21. The quantitative estimate of drug-likeness (QED) is 0.382. The molecule has 0 aliphatic carbocycles. The molecule has 2 heterocycles. The van der Waals surface area contributed by atoms with Crippen molar-refractivity contribution >= 4 is 16.6 Å². The molecule has 4 aromatic rings. The lowest BCUT2D eigenvalue weighted by Gasteiger charge is -2.03. The summed E-state index contributed by atoms with van der Waals surface area (Å²) >= 11 is 0. The van der Waals surface area contributed by atoms with E-state index < -0.39 is 10.5 Å². The van der Waals surface area contributed by atoms with Gasteiger partial charge in [0, 0.05) is 17.7 Å². The number of hydrogen-bond acceptors (Lipinski definition) is 8. The summed E-state index contributed by atoms with van der Waals surface area (Å²) in [4.78, 5) is 27.2. The number of fused-ring (bicyclic) bond motifs is 1. The van der Waals surface area contributed by atoms with Gasteiger partial charge in [-0.3, -0.25) is 19.5 Å². The molecular formula is C18H13N5O5. The third-order valence-corrected chi connectivity index (χ3v) is 4.13. The largest absolute Gasteiger partial charge is 0.497 e. The zero-order valence-electron chi connectivity index (χ0n) is 14.6. The maximum atomic E-state index is 12.7. The van der Waals surface area contributed by atoms with Gasteiger partial charge in [0.2, 0.25) is 11.8 Å². The summed E-state index contributed by atoms with van der Waals surface area (Å²) in [5.74, 6) is 1.21. The van der Waals surface area contributed by atoms with Gasteiger partial charge in [-0.1, -0.05) is 0 Å². The van der Waals surface area contributed by atoms with Crippen LogP contribution in [0.1, 0.15) is 5.89 Å². The average molecular weight is 379 g/mol. The predicted octanol–water partition coefficient (Wildman–Crippen LogP) is 2.41. The summed E-state index contributed by atoms with van der Waals surface area (Å²) < 4.78 is 12.0. The number of aromatic nitrogens is 4. The van der Waals surface area contributed by atoms with Crippen LogP contribution in [0.2, 0.25) is 0 Å². The van der Waals surface area contributed by atoms with Crippen LogP contribution in [0.15, 0.2) is 58.0 Å². The van der Waals surface area contributed by atoms with E-state index >= 15 is 0 Å². The molecule has 0 amide bonds. The molecule has 0 aliphatic rings. The van der Waals surface area contributed by atoms with E-state index in [-0.39, 0.29) is 23.5 Å². The number of methoxy groups -OCH3 is 1. The second kappa shape index (κ2) is 6.91. The van der Waals surface area contributed by atoms with E-state index in [9.17, 15) is 14.9 Å². The number of ether oxygens (including phenoxy) is 1. The number of non-ortho nitro benzene ring substituents is 1. The Labute approximate surface area is 157 Å². The Morgan fingerprint density at radius 1 is 1.18 bits per heavy atom. The first-order chi connectivity index (χ1) is 13.5. The minimum absolute atomic E-state index is 0.00633. The fourth-order valence-electron chi connectivity index (χ4n) is 2.69. The molecule has 0 spiro atoms. The normalized spacial score (nSPS) is 10.9. The molecule has 0 bridgehead atoms. The topological polar surface area (TPSA) is 126 Å². The highest BCUT2D eigenvalue weighted by Gasteiger charge is 2.14. The van der Waals surface area contributed by atoms with Gasteiger partial charge in [-0.25, -0.2) is 4.98 Å². The molecule has 0 atom stereocenters. The predicted molar refractivity (Wildman–Crippen MR) is 98.0 cm³/mol.